The van der Waals surface area contributed by atoms with Crippen molar-refractivity contribution in [3.8, 4) is 11.5 Å². The first-order valence-corrected chi connectivity index (χ1v) is 7.86. The molecule has 0 spiro atoms. The van der Waals surface area contributed by atoms with Gasteiger partial charge in [-0.25, -0.2) is 4.98 Å². The summed E-state index contributed by atoms with van der Waals surface area (Å²) in [6, 6.07) is 9.78. The number of aryl methyl sites for hydroxylation is 2. The summed E-state index contributed by atoms with van der Waals surface area (Å²) in [5, 5.41) is 7.54. The number of fused-ring (bicyclic) bond motifs is 1. The number of rotatable bonds is 5. The van der Waals surface area contributed by atoms with Crippen LogP contribution in [0.4, 0.5) is 0 Å². The van der Waals surface area contributed by atoms with Gasteiger partial charge in [0.05, 0.1) is 11.0 Å². The summed E-state index contributed by atoms with van der Waals surface area (Å²) >= 11 is 0. The van der Waals surface area contributed by atoms with Crippen molar-refractivity contribution in [1.82, 2.24) is 14.5 Å². The molecule has 118 valence electrons. The van der Waals surface area contributed by atoms with Crippen molar-refractivity contribution >= 4 is 16.9 Å². The highest BCUT2D eigenvalue weighted by Gasteiger charge is 2.12. The first kappa shape index (κ1) is 15.2. The Morgan fingerprint density at radius 1 is 1.26 bits per heavy atom. The molecule has 0 unspecified atom stereocenters. The molecule has 0 saturated heterocycles. The lowest BCUT2D eigenvalue weighted by molar-refractivity contribution is 0.792. The molecule has 5 nitrogen and oxygen atoms in total. The molecule has 0 atom stereocenters. The van der Waals surface area contributed by atoms with Crippen molar-refractivity contribution < 1.29 is 0 Å². The number of nitrogen functional groups attached to an aromatic ring is 1. The van der Waals surface area contributed by atoms with Crippen LogP contribution in [0.1, 0.15) is 30.9 Å². The number of nitrogens with one attached hydrogen (secondary N) is 1. The summed E-state index contributed by atoms with van der Waals surface area (Å²) in [6.07, 6.45) is 5.37. The van der Waals surface area contributed by atoms with Crippen molar-refractivity contribution in [2.45, 2.75) is 26.2 Å². The minimum Gasteiger partial charge on any atom is -0.384 e. The van der Waals surface area contributed by atoms with E-state index in [0.29, 0.717) is 5.56 Å². The van der Waals surface area contributed by atoms with E-state index in [9.17, 15) is 0 Å². The van der Waals surface area contributed by atoms with Crippen LogP contribution in [-0.4, -0.2) is 20.4 Å². The maximum atomic E-state index is 7.54. The van der Waals surface area contributed by atoms with Crippen LogP contribution in [0.5, 0.6) is 0 Å². The van der Waals surface area contributed by atoms with Crippen molar-refractivity contribution in [2.75, 3.05) is 0 Å². The van der Waals surface area contributed by atoms with Crippen LogP contribution in [0.25, 0.3) is 22.6 Å². The van der Waals surface area contributed by atoms with Gasteiger partial charge in [0.2, 0.25) is 0 Å². The van der Waals surface area contributed by atoms with Gasteiger partial charge in [-0.2, -0.15) is 0 Å². The topological polar surface area (TPSA) is 80.6 Å². The maximum absolute atomic E-state index is 7.54. The lowest BCUT2D eigenvalue weighted by Crippen LogP contribution is -2.10. The summed E-state index contributed by atoms with van der Waals surface area (Å²) in [5.74, 6) is 0.875. The molecule has 0 amide bonds. The van der Waals surface area contributed by atoms with Gasteiger partial charge in [-0.3, -0.25) is 10.4 Å². The second-order valence-electron chi connectivity index (χ2n) is 5.77. The Bertz CT molecular complexity index is 846. The first-order valence-electron chi connectivity index (χ1n) is 7.86. The van der Waals surface area contributed by atoms with Gasteiger partial charge in [0, 0.05) is 18.8 Å². The minimum absolute atomic E-state index is 0.0532. The zero-order valence-electron chi connectivity index (χ0n) is 13.5. The smallest absolute Gasteiger partial charge is 0.159 e. The SMILES string of the molecule is CCCCc1ccc(-c2nc3cc(C(=N)N)ccc3n2C)nc1. The fraction of sp³-hybridized carbons (Fsp3) is 0.278. The molecule has 5 heteroatoms. The highest BCUT2D eigenvalue weighted by molar-refractivity contribution is 5.98. The van der Waals surface area contributed by atoms with E-state index in [2.05, 4.69) is 23.0 Å². The van der Waals surface area contributed by atoms with Crippen LogP contribution in [0, 0.1) is 5.41 Å². The summed E-state index contributed by atoms with van der Waals surface area (Å²) in [4.78, 5) is 9.23. The maximum Gasteiger partial charge on any atom is 0.159 e. The number of unbranched alkanes of at least 4 members (excludes halogenated alkanes) is 1. The van der Waals surface area contributed by atoms with E-state index in [1.54, 1.807) is 0 Å². The van der Waals surface area contributed by atoms with Gasteiger partial charge in [0.15, 0.2) is 5.82 Å². The molecule has 0 radical (unpaired) electrons. The Morgan fingerprint density at radius 3 is 2.74 bits per heavy atom. The summed E-state index contributed by atoms with van der Waals surface area (Å²) < 4.78 is 2.02. The summed E-state index contributed by atoms with van der Waals surface area (Å²) in [6.45, 7) is 2.19. The van der Waals surface area contributed by atoms with Gasteiger partial charge in [-0.15, -0.1) is 0 Å². The van der Waals surface area contributed by atoms with E-state index < -0.39 is 0 Å². The number of hydrogen-bond acceptors (Lipinski definition) is 3. The number of nitrogens with two attached hydrogens (primary N) is 1. The van der Waals surface area contributed by atoms with Gasteiger partial charge in [-0.1, -0.05) is 19.4 Å². The van der Waals surface area contributed by atoms with E-state index in [0.717, 1.165) is 29.0 Å². The average Bonchev–Trinajstić information content (AvgIpc) is 2.90. The van der Waals surface area contributed by atoms with Crippen LogP contribution in [0.2, 0.25) is 0 Å². The minimum atomic E-state index is 0.0532. The molecule has 2 aromatic heterocycles. The quantitative estimate of drug-likeness (QED) is 0.561. The van der Waals surface area contributed by atoms with Gasteiger partial charge in [0.1, 0.15) is 11.5 Å². The Labute approximate surface area is 135 Å². The fourth-order valence-corrected chi connectivity index (χ4v) is 2.68. The highest BCUT2D eigenvalue weighted by atomic mass is 15.1. The fourth-order valence-electron chi connectivity index (χ4n) is 2.68. The monoisotopic (exact) mass is 307 g/mol. The van der Waals surface area contributed by atoms with Crippen LogP contribution < -0.4 is 5.73 Å². The third-order valence-corrected chi connectivity index (χ3v) is 4.06. The van der Waals surface area contributed by atoms with Crippen molar-refractivity contribution in [2.24, 2.45) is 12.8 Å². The number of imidazole rings is 1. The van der Waals surface area contributed by atoms with Crippen LogP contribution in [0.3, 0.4) is 0 Å². The normalized spacial score (nSPS) is 11.0. The van der Waals surface area contributed by atoms with Crippen LogP contribution in [0.15, 0.2) is 36.5 Å². The predicted molar refractivity (Wildman–Crippen MR) is 93.6 cm³/mol. The predicted octanol–water partition coefficient (Wildman–Crippen LogP) is 3.26. The molecule has 0 aliphatic carbocycles. The molecule has 0 fully saturated rings. The van der Waals surface area contributed by atoms with Gasteiger partial charge >= 0.3 is 0 Å². The van der Waals surface area contributed by atoms with Crippen LogP contribution >= 0.6 is 0 Å². The summed E-state index contributed by atoms with van der Waals surface area (Å²) in [5.41, 5.74) is 10.2. The number of pyridine rings is 1. The van der Waals surface area contributed by atoms with Crippen molar-refractivity contribution in [3.63, 3.8) is 0 Å². The Balaban J connectivity index is 1.99. The molecule has 0 aliphatic rings. The molecule has 23 heavy (non-hydrogen) atoms. The van der Waals surface area contributed by atoms with Gasteiger partial charge in [0.25, 0.3) is 0 Å². The molecule has 0 saturated carbocycles. The molecular weight excluding hydrogens is 286 g/mol. The van der Waals surface area contributed by atoms with Crippen molar-refractivity contribution in [1.29, 1.82) is 5.41 Å². The zero-order valence-corrected chi connectivity index (χ0v) is 13.5. The van der Waals surface area contributed by atoms with Crippen molar-refractivity contribution in [3.05, 3.63) is 47.7 Å². The number of nitrogens with zero attached hydrogens (tertiary/aromatic N) is 3. The van der Waals surface area contributed by atoms with E-state index in [1.807, 2.05) is 42.1 Å². The molecule has 0 bridgehead atoms. The van der Waals surface area contributed by atoms with E-state index in [4.69, 9.17) is 11.1 Å². The summed E-state index contributed by atoms with van der Waals surface area (Å²) in [7, 11) is 1.98. The molecular formula is C18H21N5. The largest absolute Gasteiger partial charge is 0.384 e. The Kier molecular flexibility index (Phi) is 4.10. The standard InChI is InChI=1S/C18H21N5/c1-3-4-5-12-6-8-14(21-11-12)18-22-15-10-13(17(19)20)7-9-16(15)23(18)2/h6-11H,3-5H2,1-2H3,(H3,19,20). The second kappa shape index (κ2) is 6.20. The number of aromatic nitrogens is 3. The van der Waals surface area contributed by atoms with E-state index in [1.165, 1.54) is 18.4 Å². The molecule has 3 N–H and O–H groups in total. The molecule has 3 rings (SSSR count). The van der Waals surface area contributed by atoms with E-state index >= 15 is 0 Å². The number of hydrogen-bond donors (Lipinski definition) is 2. The highest BCUT2D eigenvalue weighted by Crippen LogP contribution is 2.23. The second-order valence-corrected chi connectivity index (χ2v) is 5.77. The Hall–Kier alpha value is -2.69. The Morgan fingerprint density at radius 2 is 2.09 bits per heavy atom. The number of amidine groups is 1. The third-order valence-electron chi connectivity index (χ3n) is 4.06. The van der Waals surface area contributed by atoms with E-state index in [-0.39, 0.29) is 5.84 Å². The average molecular weight is 307 g/mol. The zero-order chi connectivity index (χ0) is 16.4. The van der Waals surface area contributed by atoms with Gasteiger partial charge in [-0.05, 0) is 42.7 Å². The lowest BCUT2D eigenvalue weighted by atomic mass is 10.1. The first-order chi connectivity index (χ1) is 11.1. The molecule has 3 aromatic rings. The number of benzene rings is 1. The third kappa shape index (κ3) is 2.95. The molecule has 1 aromatic carbocycles. The molecule has 2 heterocycles. The van der Waals surface area contributed by atoms with Gasteiger partial charge < -0.3 is 10.3 Å². The van der Waals surface area contributed by atoms with Crippen LogP contribution in [-0.2, 0) is 13.5 Å². The lowest BCUT2D eigenvalue weighted by Gasteiger charge is -2.04. The molecule has 0 aliphatic heterocycles.